The van der Waals surface area contributed by atoms with E-state index in [1.54, 1.807) is 5.01 Å². The topological polar surface area (TPSA) is 35.9 Å². The monoisotopic (exact) mass is 403 g/mol. The third kappa shape index (κ3) is 4.34. The number of hydrogen-bond acceptors (Lipinski definition) is 3. The fraction of sp³-hybridized carbons (Fsp3) is 0.462. The molecule has 4 rings (SSSR count). The summed E-state index contributed by atoms with van der Waals surface area (Å²) in [6, 6.07) is 15.4. The zero-order chi connectivity index (χ0) is 21.3. The number of hydrazone groups is 1. The largest absolute Gasteiger partial charge is 0.292 e. The van der Waals surface area contributed by atoms with Crippen molar-refractivity contribution in [1.82, 2.24) is 9.91 Å². The van der Waals surface area contributed by atoms with Crippen molar-refractivity contribution in [1.29, 1.82) is 0 Å². The minimum absolute atomic E-state index is 0.0334. The molecule has 2 aliphatic heterocycles. The van der Waals surface area contributed by atoms with E-state index in [1.807, 2.05) is 0 Å². The Morgan fingerprint density at radius 1 is 1.03 bits per heavy atom. The standard InChI is InChI=1S/C26H33N3O/c1-18-8-11-22(12-9-18)25-16-24(23-13-10-19(2)15-20(23)3)27-29(25)26(30)17-28-14-6-5-7-21(28)4/h8-13,15,21,25H,5-7,14,16-17H2,1-4H3/t21-,25+/m0/s1. The van der Waals surface area contributed by atoms with E-state index in [-0.39, 0.29) is 11.9 Å². The number of rotatable bonds is 4. The van der Waals surface area contributed by atoms with Crippen molar-refractivity contribution < 1.29 is 4.79 Å². The summed E-state index contributed by atoms with van der Waals surface area (Å²) >= 11 is 0. The predicted molar refractivity (Wildman–Crippen MR) is 123 cm³/mol. The van der Waals surface area contributed by atoms with Crippen molar-refractivity contribution >= 4 is 11.6 Å². The summed E-state index contributed by atoms with van der Waals surface area (Å²) in [6.45, 7) is 10.0. The van der Waals surface area contributed by atoms with Crippen LogP contribution in [0.25, 0.3) is 0 Å². The van der Waals surface area contributed by atoms with E-state index < -0.39 is 0 Å². The second-order valence-corrected chi connectivity index (χ2v) is 9.05. The molecule has 4 nitrogen and oxygen atoms in total. The van der Waals surface area contributed by atoms with Gasteiger partial charge in [-0.25, -0.2) is 5.01 Å². The van der Waals surface area contributed by atoms with Gasteiger partial charge in [0.2, 0.25) is 0 Å². The lowest BCUT2D eigenvalue weighted by molar-refractivity contribution is -0.135. The number of likely N-dealkylation sites (tertiary alicyclic amines) is 1. The molecule has 2 atom stereocenters. The van der Waals surface area contributed by atoms with E-state index >= 15 is 0 Å². The maximum absolute atomic E-state index is 13.4. The number of carbonyl (C=O) groups excluding carboxylic acids is 1. The van der Waals surface area contributed by atoms with Crippen LogP contribution in [0.3, 0.4) is 0 Å². The molecule has 2 aromatic carbocycles. The van der Waals surface area contributed by atoms with Crippen molar-refractivity contribution in [2.45, 2.75) is 65.5 Å². The van der Waals surface area contributed by atoms with Gasteiger partial charge in [0, 0.05) is 18.0 Å². The number of amides is 1. The molecule has 158 valence electrons. The highest BCUT2D eigenvalue weighted by molar-refractivity contribution is 6.04. The molecule has 0 radical (unpaired) electrons. The van der Waals surface area contributed by atoms with Crippen molar-refractivity contribution in [2.75, 3.05) is 13.1 Å². The SMILES string of the molecule is Cc1ccc([C@H]2CC(c3ccc(C)cc3C)=NN2C(=O)CN2CCCC[C@@H]2C)cc1. The average Bonchev–Trinajstić information content (AvgIpc) is 3.15. The molecule has 1 saturated heterocycles. The number of hydrogen-bond donors (Lipinski definition) is 0. The third-order valence-corrected chi connectivity index (χ3v) is 6.60. The van der Waals surface area contributed by atoms with E-state index in [4.69, 9.17) is 5.10 Å². The molecule has 0 spiro atoms. The van der Waals surface area contributed by atoms with Gasteiger partial charge in [-0.3, -0.25) is 9.69 Å². The minimum Gasteiger partial charge on any atom is -0.292 e. The van der Waals surface area contributed by atoms with E-state index in [0.717, 1.165) is 29.8 Å². The molecule has 2 heterocycles. The molecule has 30 heavy (non-hydrogen) atoms. The Kier molecular flexibility index (Phi) is 6.05. The predicted octanol–water partition coefficient (Wildman–Crippen LogP) is 5.16. The number of piperidine rings is 1. The van der Waals surface area contributed by atoms with Crippen molar-refractivity contribution in [2.24, 2.45) is 5.10 Å². The Hall–Kier alpha value is -2.46. The minimum atomic E-state index is -0.0334. The van der Waals surface area contributed by atoms with E-state index in [0.29, 0.717) is 12.6 Å². The van der Waals surface area contributed by atoms with Gasteiger partial charge in [-0.2, -0.15) is 5.10 Å². The van der Waals surface area contributed by atoms with Gasteiger partial charge in [0.25, 0.3) is 5.91 Å². The Bertz CT molecular complexity index is 947. The highest BCUT2D eigenvalue weighted by atomic mass is 16.2. The summed E-state index contributed by atoms with van der Waals surface area (Å²) in [5.74, 6) is 0.106. The van der Waals surface area contributed by atoms with Crippen LogP contribution in [-0.4, -0.2) is 40.7 Å². The summed E-state index contributed by atoms with van der Waals surface area (Å²) in [7, 11) is 0. The normalized spacial score (nSPS) is 22.3. The van der Waals surface area contributed by atoms with Crippen LogP contribution in [0.1, 0.15) is 66.5 Å². The lowest BCUT2D eigenvalue weighted by atomic mass is 9.95. The van der Waals surface area contributed by atoms with Gasteiger partial charge in [-0.05, 0) is 58.2 Å². The molecule has 2 aliphatic rings. The van der Waals surface area contributed by atoms with Crippen LogP contribution in [0.15, 0.2) is 47.6 Å². The summed E-state index contributed by atoms with van der Waals surface area (Å²) in [5, 5.41) is 6.66. The maximum Gasteiger partial charge on any atom is 0.257 e. The van der Waals surface area contributed by atoms with Crippen LogP contribution in [-0.2, 0) is 4.79 Å². The Morgan fingerprint density at radius 3 is 2.47 bits per heavy atom. The number of benzene rings is 2. The van der Waals surface area contributed by atoms with Crippen molar-refractivity contribution in [3.8, 4) is 0 Å². The van der Waals surface area contributed by atoms with Gasteiger partial charge in [0.1, 0.15) is 0 Å². The summed E-state index contributed by atoms with van der Waals surface area (Å²) in [4.78, 5) is 15.7. The first-order chi connectivity index (χ1) is 14.4. The van der Waals surface area contributed by atoms with Crippen LogP contribution >= 0.6 is 0 Å². The molecule has 0 N–H and O–H groups in total. The Labute approximate surface area is 180 Å². The molecular formula is C26H33N3O. The van der Waals surface area contributed by atoms with Crippen LogP contribution < -0.4 is 0 Å². The summed E-state index contributed by atoms with van der Waals surface area (Å²) in [6.07, 6.45) is 4.37. The highest BCUT2D eigenvalue weighted by Gasteiger charge is 2.34. The first kappa shape index (κ1) is 20.8. The quantitative estimate of drug-likeness (QED) is 0.706. The second kappa shape index (κ2) is 8.73. The van der Waals surface area contributed by atoms with Crippen LogP contribution in [0, 0.1) is 20.8 Å². The molecule has 1 amide bonds. The first-order valence-corrected chi connectivity index (χ1v) is 11.2. The fourth-order valence-corrected chi connectivity index (χ4v) is 4.73. The summed E-state index contributed by atoms with van der Waals surface area (Å²) < 4.78 is 0. The van der Waals surface area contributed by atoms with Crippen LogP contribution in [0.4, 0.5) is 0 Å². The second-order valence-electron chi connectivity index (χ2n) is 9.05. The molecule has 0 aromatic heterocycles. The number of carbonyl (C=O) groups is 1. The van der Waals surface area contributed by atoms with Gasteiger partial charge in [-0.15, -0.1) is 0 Å². The number of nitrogens with zero attached hydrogens (tertiary/aromatic N) is 3. The first-order valence-electron chi connectivity index (χ1n) is 11.2. The zero-order valence-corrected chi connectivity index (χ0v) is 18.7. The smallest absolute Gasteiger partial charge is 0.257 e. The highest BCUT2D eigenvalue weighted by Crippen LogP contribution is 2.34. The van der Waals surface area contributed by atoms with Crippen LogP contribution in [0.2, 0.25) is 0 Å². The molecular weight excluding hydrogens is 370 g/mol. The van der Waals surface area contributed by atoms with Crippen molar-refractivity contribution in [3.05, 3.63) is 70.3 Å². The Morgan fingerprint density at radius 2 is 1.77 bits per heavy atom. The van der Waals surface area contributed by atoms with Gasteiger partial charge in [-0.1, -0.05) is 60.0 Å². The van der Waals surface area contributed by atoms with Gasteiger partial charge in [0.05, 0.1) is 18.3 Å². The fourth-order valence-electron chi connectivity index (χ4n) is 4.73. The molecule has 1 fully saturated rings. The van der Waals surface area contributed by atoms with Crippen LogP contribution in [0.5, 0.6) is 0 Å². The molecule has 0 bridgehead atoms. The van der Waals surface area contributed by atoms with Crippen molar-refractivity contribution in [3.63, 3.8) is 0 Å². The van der Waals surface area contributed by atoms with Gasteiger partial charge in [0.15, 0.2) is 0 Å². The average molecular weight is 404 g/mol. The van der Waals surface area contributed by atoms with Gasteiger partial charge >= 0.3 is 0 Å². The van der Waals surface area contributed by atoms with E-state index in [2.05, 4.69) is 75.1 Å². The number of aryl methyl sites for hydroxylation is 3. The lowest BCUT2D eigenvalue weighted by Gasteiger charge is -2.34. The summed E-state index contributed by atoms with van der Waals surface area (Å²) in [5.41, 5.74) is 7.02. The molecule has 0 unspecified atom stereocenters. The van der Waals surface area contributed by atoms with E-state index in [1.165, 1.54) is 36.0 Å². The molecule has 0 saturated carbocycles. The van der Waals surface area contributed by atoms with Gasteiger partial charge < -0.3 is 0 Å². The molecule has 4 heteroatoms. The maximum atomic E-state index is 13.4. The Balaban J connectivity index is 1.63. The van der Waals surface area contributed by atoms with E-state index in [9.17, 15) is 4.79 Å². The molecule has 0 aliphatic carbocycles. The zero-order valence-electron chi connectivity index (χ0n) is 18.7. The lowest BCUT2D eigenvalue weighted by Crippen LogP contribution is -2.44. The molecule has 2 aromatic rings. The third-order valence-electron chi connectivity index (χ3n) is 6.60.